The molecule has 1 unspecified atom stereocenters. The Morgan fingerprint density at radius 1 is 1.24 bits per heavy atom. The monoisotopic (exact) mass is 347 g/mol. The second-order valence-corrected chi connectivity index (χ2v) is 5.11. The highest BCUT2D eigenvalue weighted by Crippen LogP contribution is 2.38. The van der Waals surface area contributed by atoms with Gasteiger partial charge >= 0.3 is 0 Å². The summed E-state index contributed by atoms with van der Waals surface area (Å²) in [6.07, 6.45) is 5.05. The summed E-state index contributed by atoms with van der Waals surface area (Å²) in [4.78, 5) is 11.9. The molecule has 7 nitrogen and oxygen atoms in total. The molecule has 7 heteroatoms. The largest absolute Gasteiger partial charge is 0.493 e. The van der Waals surface area contributed by atoms with E-state index >= 15 is 0 Å². The van der Waals surface area contributed by atoms with Crippen LogP contribution in [0.2, 0.25) is 0 Å². The first kappa shape index (κ1) is 18.4. The summed E-state index contributed by atoms with van der Waals surface area (Å²) in [5.74, 6) is 1.14. The highest BCUT2D eigenvalue weighted by Gasteiger charge is 2.12. The summed E-state index contributed by atoms with van der Waals surface area (Å²) in [7, 11) is 4.57. The van der Waals surface area contributed by atoms with Crippen molar-refractivity contribution in [2.24, 2.45) is 0 Å². The number of ether oxygens (including phenoxy) is 3. The number of hydrogen-bond donors (Lipinski definition) is 2. The average molecular weight is 347 g/mol. The van der Waals surface area contributed by atoms with Crippen molar-refractivity contribution in [1.82, 2.24) is 5.32 Å². The van der Waals surface area contributed by atoms with Gasteiger partial charge in [0.05, 0.1) is 40.0 Å². The molecule has 0 aliphatic heterocycles. The molecule has 1 atom stereocenters. The van der Waals surface area contributed by atoms with Gasteiger partial charge in [-0.25, -0.2) is 0 Å². The van der Waals surface area contributed by atoms with Crippen LogP contribution in [-0.2, 0) is 4.79 Å². The minimum atomic E-state index is -0.822. The molecule has 1 aromatic carbocycles. The molecule has 2 rings (SSSR count). The molecule has 0 saturated carbocycles. The van der Waals surface area contributed by atoms with Crippen LogP contribution < -0.4 is 19.5 Å². The van der Waals surface area contributed by atoms with E-state index in [2.05, 4.69) is 5.32 Å². The van der Waals surface area contributed by atoms with E-state index < -0.39 is 6.10 Å². The first-order valence-electron chi connectivity index (χ1n) is 7.55. The number of furan rings is 1. The van der Waals surface area contributed by atoms with Crippen molar-refractivity contribution in [1.29, 1.82) is 0 Å². The van der Waals surface area contributed by atoms with Gasteiger partial charge in [0.15, 0.2) is 11.5 Å². The van der Waals surface area contributed by atoms with E-state index in [1.54, 1.807) is 24.3 Å². The Kier molecular flexibility index (Phi) is 6.47. The predicted octanol–water partition coefficient (Wildman–Crippen LogP) is 2.17. The van der Waals surface area contributed by atoms with Crippen molar-refractivity contribution in [3.8, 4) is 17.2 Å². The van der Waals surface area contributed by atoms with E-state index in [9.17, 15) is 9.90 Å². The van der Waals surface area contributed by atoms with Crippen LogP contribution in [0.15, 0.2) is 41.2 Å². The summed E-state index contributed by atoms with van der Waals surface area (Å²) in [6.45, 7) is 0.0813. The molecule has 134 valence electrons. The first-order chi connectivity index (χ1) is 12.1. The van der Waals surface area contributed by atoms with Gasteiger partial charge in [-0.2, -0.15) is 0 Å². The van der Waals surface area contributed by atoms with Gasteiger partial charge in [0, 0.05) is 18.2 Å². The minimum absolute atomic E-state index is 0.0813. The first-order valence-corrected chi connectivity index (χ1v) is 7.55. The Balaban J connectivity index is 2.01. The SMILES string of the molecule is COc1cc(C=CC(=O)NCC(O)c2ccoc2)cc(OC)c1OC. The fourth-order valence-electron chi connectivity index (χ4n) is 2.21. The number of rotatable bonds is 8. The molecular formula is C18H21NO6. The van der Waals surface area contributed by atoms with Crippen molar-refractivity contribution < 1.29 is 28.5 Å². The molecule has 2 aromatic rings. The second-order valence-electron chi connectivity index (χ2n) is 5.11. The molecule has 2 N–H and O–H groups in total. The van der Waals surface area contributed by atoms with Crippen LogP contribution in [0.4, 0.5) is 0 Å². The van der Waals surface area contributed by atoms with Gasteiger partial charge in [-0.15, -0.1) is 0 Å². The Hall–Kier alpha value is -2.93. The number of benzene rings is 1. The summed E-state index contributed by atoms with van der Waals surface area (Å²) in [5.41, 5.74) is 1.31. The maximum Gasteiger partial charge on any atom is 0.244 e. The molecule has 1 aromatic heterocycles. The van der Waals surface area contributed by atoms with Crippen molar-refractivity contribution in [2.75, 3.05) is 27.9 Å². The molecule has 1 heterocycles. The molecule has 0 fully saturated rings. The molecule has 0 radical (unpaired) electrons. The number of carbonyl (C=O) groups excluding carboxylic acids is 1. The van der Waals surface area contributed by atoms with Crippen LogP contribution in [0.25, 0.3) is 6.08 Å². The topological polar surface area (TPSA) is 90.2 Å². The fraction of sp³-hybridized carbons (Fsp3) is 0.278. The zero-order valence-corrected chi connectivity index (χ0v) is 14.3. The highest BCUT2D eigenvalue weighted by molar-refractivity contribution is 5.91. The van der Waals surface area contributed by atoms with Gasteiger partial charge in [-0.3, -0.25) is 4.79 Å². The summed E-state index contributed by atoms with van der Waals surface area (Å²) in [5, 5.41) is 12.5. The van der Waals surface area contributed by atoms with E-state index in [0.717, 1.165) is 0 Å². The van der Waals surface area contributed by atoms with Crippen LogP contribution in [0.1, 0.15) is 17.2 Å². The molecule has 0 saturated heterocycles. The normalized spacial score (nSPS) is 12.0. The third-order valence-electron chi connectivity index (χ3n) is 3.51. The number of hydrogen-bond acceptors (Lipinski definition) is 6. The standard InChI is InChI=1S/C18H21NO6/c1-22-15-8-12(9-16(23-2)18(15)24-3)4-5-17(21)19-10-14(20)13-6-7-25-11-13/h4-9,11,14,20H,10H2,1-3H3,(H,19,21). The van der Waals surface area contributed by atoms with Crippen LogP contribution >= 0.6 is 0 Å². The van der Waals surface area contributed by atoms with Crippen LogP contribution in [0, 0.1) is 0 Å². The van der Waals surface area contributed by atoms with E-state index in [4.69, 9.17) is 18.6 Å². The van der Waals surface area contributed by atoms with E-state index in [1.165, 1.54) is 39.9 Å². The summed E-state index contributed by atoms with van der Waals surface area (Å²) < 4.78 is 20.7. The van der Waals surface area contributed by atoms with Gasteiger partial charge in [0.1, 0.15) is 0 Å². The van der Waals surface area contributed by atoms with Gasteiger partial charge < -0.3 is 29.1 Å². The molecule has 25 heavy (non-hydrogen) atoms. The smallest absolute Gasteiger partial charge is 0.244 e. The number of nitrogens with one attached hydrogen (secondary N) is 1. The lowest BCUT2D eigenvalue weighted by molar-refractivity contribution is -0.116. The van der Waals surface area contributed by atoms with E-state index in [-0.39, 0.29) is 12.5 Å². The second kappa shape index (κ2) is 8.79. The maximum atomic E-state index is 11.9. The van der Waals surface area contributed by atoms with Crippen LogP contribution in [-0.4, -0.2) is 38.9 Å². The number of amides is 1. The fourth-order valence-corrected chi connectivity index (χ4v) is 2.21. The van der Waals surface area contributed by atoms with Gasteiger partial charge in [0.2, 0.25) is 11.7 Å². The van der Waals surface area contributed by atoms with E-state index in [0.29, 0.717) is 28.4 Å². The van der Waals surface area contributed by atoms with Gasteiger partial charge in [-0.1, -0.05) is 0 Å². The number of methoxy groups -OCH3 is 3. The lowest BCUT2D eigenvalue weighted by atomic mass is 10.1. The third-order valence-corrected chi connectivity index (χ3v) is 3.51. The molecular weight excluding hydrogens is 326 g/mol. The Morgan fingerprint density at radius 2 is 1.92 bits per heavy atom. The molecule has 0 spiro atoms. The lowest BCUT2D eigenvalue weighted by Crippen LogP contribution is -2.26. The van der Waals surface area contributed by atoms with Gasteiger partial charge in [0.25, 0.3) is 0 Å². The zero-order chi connectivity index (χ0) is 18.2. The number of aliphatic hydroxyl groups is 1. The van der Waals surface area contributed by atoms with Crippen molar-refractivity contribution in [2.45, 2.75) is 6.10 Å². The lowest BCUT2D eigenvalue weighted by Gasteiger charge is -2.12. The van der Waals surface area contributed by atoms with Crippen molar-refractivity contribution in [3.63, 3.8) is 0 Å². The van der Waals surface area contributed by atoms with Gasteiger partial charge in [-0.05, 0) is 29.8 Å². The quantitative estimate of drug-likeness (QED) is 0.711. The summed E-state index contributed by atoms with van der Waals surface area (Å²) >= 11 is 0. The molecule has 1 amide bonds. The Labute approximate surface area is 145 Å². The van der Waals surface area contributed by atoms with Crippen LogP contribution in [0.5, 0.6) is 17.2 Å². The highest BCUT2D eigenvalue weighted by atomic mass is 16.5. The average Bonchev–Trinajstić information content (AvgIpc) is 3.18. The number of carbonyl (C=O) groups is 1. The zero-order valence-electron chi connectivity index (χ0n) is 14.3. The summed E-state index contributed by atoms with van der Waals surface area (Å²) in [6, 6.07) is 5.10. The van der Waals surface area contributed by atoms with Crippen molar-refractivity contribution >= 4 is 12.0 Å². The predicted molar refractivity (Wildman–Crippen MR) is 91.8 cm³/mol. The molecule has 0 bridgehead atoms. The molecule has 0 aliphatic rings. The minimum Gasteiger partial charge on any atom is -0.493 e. The third kappa shape index (κ3) is 4.77. The van der Waals surface area contributed by atoms with Crippen molar-refractivity contribution in [3.05, 3.63) is 47.9 Å². The Morgan fingerprint density at radius 3 is 2.44 bits per heavy atom. The Bertz CT molecular complexity index is 698. The number of aliphatic hydroxyl groups excluding tert-OH is 1. The van der Waals surface area contributed by atoms with E-state index in [1.807, 2.05) is 0 Å². The molecule has 0 aliphatic carbocycles. The maximum absolute atomic E-state index is 11.9. The van der Waals surface area contributed by atoms with Crippen LogP contribution in [0.3, 0.4) is 0 Å².